The number of aromatic nitrogens is 1. The van der Waals surface area contributed by atoms with E-state index < -0.39 is 33.5 Å². The van der Waals surface area contributed by atoms with E-state index in [1.165, 1.54) is 0 Å². The van der Waals surface area contributed by atoms with Crippen LogP contribution in [0.2, 0.25) is 0 Å². The quantitative estimate of drug-likeness (QED) is 0.372. The molecule has 0 spiro atoms. The number of nitro groups is 1. The number of halogens is 4. The van der Waals surface area contributed by atoms with Crippen molar-refractivity contribution in [1.29, 1.82) is 0 Å². The van der Waals surface area contributed by atoms with Gasteiger partial charge in [-0.15, -0.1) is 0 Å². The number of hydrogen-bond donors (Lipinski definition) is 0. The largest absolute Gasteiger partial charge is 0.300 e. The molecule has 1 heterocycles. The molecule has 0 radical (unpaired) electrons. The van der Waals surface area contributed by atoms with Crippen LogP contribution in [0.15, 0.2) is 10.7 Å². The molecule has 0 amide bonds. The molecule has 86 valence electrons. The first-order valence-corrected chi connectivity index (χ1v) is 4.84. The summed E-state index contributed by atoms with van der Waals surface area (Å²) < 4.78 is 24.4. The fourth-order valence-electron chi connectivity index (χ4n) is 0.932. The van der Waals surface area contributed by atoms with E-state index in [4.69, 9.17) is 11.6 Å². The Morgan fingerprint density at radius 1 is 1.62 bits per heavy atom. The number of hydrogen-bond acceptors (Lipinski definition) is 4. The predicted octanol–water partition coefficient (Wildman–Crippen LogP) is 3.07. The molecule has 0 saturated carbocycles. The fraction of sp³-hybridized carbons (Fsp3) is 0.143. The Morgan fingerprint density at radius 3 is 2.56 bits per heavy atom. The molecule has 0 aliphatic heterocycles. The van der Waals surface area contributed by atoms with Crippen LogP contribution in [0.1, 0.15) is 22.5 Å². The summed E-state index contributed by atoms with van der Waals surface area (Å²) in [5.74, 6) is 0. The van der Waals surface area contributed by atoms with Crippen LogP contribution in [0.4, 0.5) is 14.5 Å². The molecule has 16 heavy (non-hydrogen) atoms. The minimum absolute atomic E-state index is 0.350. The third kappa shape index (κ3) is 2.50. The molecule has 9 heteroatoms. The summed E-state index contributed by atoms with van der Waals surface area (Å²) in [7, 11) is 0. The lowest BCUT2D eigenvalue weighted by atomic mass is 10.2. The summed E-state index contributed by atoms with van der Waals surface area (Å²) in [6.45, 7) is 0. The van der Waals surface area contributed by atoms with Crippen molar-refractivity contribution in [2.75, 3.05) is 0 Å². The second-order valence-corrected chi connectivity index (χ2v) is 3.66. The molecular weight excluding hydrogens is 313 g/mol. The summed E-state index contributed by atoms with van der Waals surface area (Å²) >= 11 is 7.72. The van der Waals surface area contributed by atoms with Gasteiger partial charge in [-0.1, -0.05) is 0 Å². The van der Waals surface area contributed by atoms with Gasteiger partial charge in [0.15, 0.2) is 0 Å². The van der Waals surface area contributed by atoms with Gasteiger partial charge in [0, 0.05) is 6.07 Å². The average Bonchev–Trinajstić information content (AvgIpc) is 2.15. The summed E-state index contributed by atoms with van der Waals surface area (Å²) in [4.78, 5) is 23.6. The molecule has 0 N–H and O–H groups in total. The van der Waals surface area contributed by atoms with Crippen LogP contribution in [0.25, 0.3) is 0 Å². The first kappa shape index (κ1) is 12.9. The molecule has 0 aliphatic carbocycles. The summed E-state index contributed by atoms with van der Waals surface area (Å²) in [6, 6.07) is 0.567. The number of nitrogens with zero attached hydrogens (tertiary/aromatic N) is 2. The fourth-order valence-corrected chi connectivity index (χ4v) is 1.54. The highest BCUT2D eigenvalue weighted by atomic mass is 79.9. The molecule has 0 atom stereocenters. The number of carbonyl (C=O) groups is 1. The van der Waals surface area contributed by atoms with Gasteiger partial charge in [0.2, 0.25) is 5.69 Å². The van der Waals surface area contributed by atoms with E-state index in [0.717, 1.165) is 0 Å². The zero-order chi connectivity index (χ0) is 12.5. The molecule has 0 saturated heterocycles. The van der Waals surface area contributed by atoms with Crippen molar-refractivity contribution >= 4 is 38.5 Å². The Bertz CT molecular complexity index is 469. The number of pyridine rings is 1. The lowest BCUT2D eigenvalue weighted by Crippen LogP contribution is -2.04. The Balaban J connectivity index is 3.49. The maximum Gasteiger partial charge on any atom is 0.300 e. The smallest absolute Gasteiger partial charge is 0.274 e. The van der Waals surface area contributed by atoms with Crippen LogP contribution in [-0.4, -0.2) is 15.1 Å². The predicted molar refractivity (Wildman–Crippen MR) is 53.7 cm³/mol. The van der Waals surface area contributed by atoms with E-state index in [2.05, 4.69) is 20.9 Å². The molecule has 0 bridgehead atoms. The summed E-state index contributed by atoms with van der Waals surface area (Å²) in [5.41, 5.74) is -2.20. The van der Waals surface area contributed by atoms with E-state index in [1.54, 1.807) is 0 Å². The van der Waals surface area contributed by atoms with Gasteiger partial charge in [0.1, 0.15) is 4.60 Å². The van der Waals surface area contributed by atoms with Gasteiger partial charge >= 0.3 is 0 Å². The zero-order valence-electron chi connectivity index (χ0n) is 7.29. The van der Waals surface area contributed by atoms with Crippen molar-refractivity contribution < 1.29 is 18.5 Å². The number of carbonyl (C=O) groups excluding carboxylic acids is 1. The number of alkyl halides is 2. The Morgan fingerprint density at radius 2 is 2.19 bits per heavy atom. The third-order valence-electron chi connectivity index (χ3n) is 1.60. The first-order chi connectivity index (χ1) is 7.34. The van der Waals surface area contributed by atoms with E-state index in [0.29, 0.717) is 6.07 Å². The molecule has 0 unspecified atom stereocenters. The van der Waals surface area contributed by atoms with E-state index in [9.17, 15) is 23.7 Å². The van der Waals surface area contributed by atoms with Crippen molar-refractivity contribution in [2.24, 2.45) is 0 Å². The van der Waals surface area contributed by atoms with Gasteiger partial charge in [-0.05, 0) is 27.5 Å². The maximum absolute atomic E-state index is 12.4. The molecule has 1 aromatic heterocycles. The monoisotopic (exact) mass is 314 g/mol. The minimum atomic E-state index is -2.94. The third-order valence-corrected chi connectivity index (χ3v) is 2.42. The van der Waals surface area contributed by atoms with Crippen molar-refractivity contribution in [3.63, 3.8) is 0 Å². The van der Waals surface area contributed by atoms with Crippen LogP contribution in [0, 0.1) is 10.1 Å². The first-order valence-electron chi connectivity index (χ1n) is 3.67. The number of rotatable bonds is 3. The zero-order valence-corrected chi connectivity index (χ0v) is 9.63. The molecule has 0 aromatic carbocycles. The normalized spacial score (nSPS) is 10.6. The second kappa shape index (κ2) is 4.79. The second-order valence-electron chi connectivity index (χ2n) is 2.57. The van der Waals surface area contributed by atoms with Gasteiger partial charge in [0.25, 0.3) is 17.4 Å². The van der Waals surface area contributed by atoms with Crippen LogP contribution >= 0.6 is 27.5 Å². The molecule has 0 aliphatic rings. The van der Waals surface area contributed by atoms with Crippen LogP contribution in [-0.2, 0) is 0 Å². The van der Waals surface area contributed by atoms with Gasteiger partial charge < -0.3 is 0 Å². The van der Waals surface area contributed by atoms with Crippen molar-refractivity contribution in [3.05, 3.63) is 32.0 Å². The summed E-state index contributed by atoms with van der Waals surface area (Å²) in [6.07, 6.45) is -2.94. The molecule has 5 nitrogen and oxygen atoms in total. The molecule has 0 fully saturated rings. The maximum atomic E-state index is 12.4. The Labute approximate surface area is 101 Å². The molecule has 1 aromatic rings. The lowest BCUT2D eigenvalue weighted by Gasteiger charge is -2.04. The molecule has 1 rings (SSSR count). The van der Waals surface area contributed by atoms with Gasteiger partial charge in [-0.25, -0.2) is 13.8 Å². The van der Waals surface area contributed by atoms with E-state index >= 15 is 0 Å². The minimum Gasteiger partial charge on any atom is -0.274 e. The highest BCUT2D eigenvalue weighted by Gasteiger charge is 2.26. The van der Waals surface area contributed by atoms with Crippen LogP contribution in [0.5, 0.6) is 0 Å². The Kier molecular flexibility index (Phi) is 3.87. The highest BCUT2D eigenvalue weighted by molar-refractivity contribution is 9.10. The average molecular weight is 315 g/mol. The Hall–Kier alpha value is -1.15. The lowest BCUT2D eigenvalue weighted by molar-refractivity contribution is -0.385. The standard InChI is InChI=1S/C7H2BrClF2N2O3/c8-5-2(7(10)11)1-3(13(15)16)4(12-5)6(9)14/h1,7H. The highest BCUT2D eigenvalue weighted by Crippen LogP contribution is 2.31. The van der Waals surface area contributed by atoms with Gasteiger partial charge in [-0.2, -0.15) is 0 Å². The van der Waals surface area contributed by atoms with Crippen molar-refractivity contribution in [3.8, 4) is 0 Å². The van der Waals surface area contributed by atoms with Crippen LogP contribution < -0.4 is 0 Å². The van der Waals surface area contributed by atoms with Gasteiger partial charge in [0.05, 0.1) is 10.5 Å². The van der Waals surface area contributed by atoms with E-state index in [-0.39, 0.29) is 4.60 Å². The van der Waals surface area contributed by atoms with Crippen molar-refractivity contribution in [2.45, 2.75) is 6.43 Å². The van der Waals surface area contributed by atoms with Gasteiger partial charge in [-0.3, -0.25) is 14.9 Å². The summed E-state index contributed by atoms with van der Waals surface area (Å²) in [5, 5.41) is 9.32. The van der Waals surface area contributed by atoms with Crippen LogP contribution in [0.3, 0.4) is 0 Å². The molecular formula is C7H2BrClF2N2O3. The topological polar surface area (TPSA) is 73.1 Å². The van der Waals surface area contributed by atoms with E-state index in [1.807, 2.05) is 0 Å². The van der Waals surface area contributed by atoms with Crippen molar-refractivity contribution in [1.82, 2.24) is 4.98 Å². The SMILES string of the molecule is O=C(Cl)c1nc(Br)c(C(F)F)cc1[N+](=O)[O-].